The second kappa shape index (κ2) is 6.71. The van der Waals surface area contributed by atoms with Crippen LogP contribution in [0.3, 0.4) is 0 Å². The van der Waals surface area contributed by atoms with E-state index in [4.69, 9.17) is 0 Å². The lowest BCUT2D eigenvalue weighted by molar-refractivity contribution is -0.130. The lowest BCUT2D eigenvalue weighted by Crippen LogP contribution is -2.45. The highest BCUT2D eigenvalue weighted by Gasteiger charge is 2.32. The summed E-state index contributed by atoms with van der Waals surface area (Å²) in [5.74, 6) is -0.362. The molecule has 2 aliphatic rings. The Morgan fingerprint density at radius 2 is 2.00 bits per heavy atom. The largest absolute Gasteiger partial charge is 0.336 e. The average molecular weight is 350 g/mol. The molecule has 1 aromatic carbocycles. The second-order valence-corrected chi connectivity index (χ2v) is 6.59. The van der Waals surface area contributed by atoms with Crippen molar-refractivity contribution in [2.45, 2.75) is 31.8 Å². The summed E-state index contributed by atoms with van der Waals surface area (Å²) in [6, 6.07) is 10.2. The van der Waals surface area contributed by atoms with Crippen LogP contribution >= 0.6 is 0 Å². The predicted molar refractivity (Wildman–Crippen MR) is 95.7 cm³/mol. The maximum atomic E-state index is 13.3. The van der Waals surface area contributed by atoms with E-state index >= 15 is 0 Å². The molecule has 0 radical (unpaired) electrons. The molecule has 1 aliphatic carbocycles. The number of benzene rings is 1. The minimum absolute atomic E-state index is 0.0541. The molecule has 0 spiro atoms. The quantitative estimate of drug-likeness (QED) is 0.793. The van der Waals surface area contributed by atoms with Crippen molar-refractivity contribution in [3.63, 3.8) is 0 Å². The molecule has 132 valence electrons. The third kappa shape index (κ3) is 3.10. The van der Waals surface area contributed by atoms with E-state index in [0.717, 1.165) is 12.8 Å². The molecule has 1 saturated carbocycles. The fourth-order valence-corrected chi connectivity index (χ4v) is 3.10. The molecule has 6 heteroatoms. The van der Waals surface area contributed by atoms with E-state index in [1.165, 1.54) is 18.6 Å². The number of nitrogens with zero attached hydrogens (tertiary/aromatic N) is 4. The van der Waals surface area contributed by atoms with Crippen LogP contribution in [0.4, 0.5) is 4.39 Å². The molecule has 0 bridgehead atoms. The molecule has 0 unspecified atom stereocenters. The molecule has 1 fully saturated rings. The smallest absolute Gasteiger partial charge is 0.274 e. The van der Waals surface area contributed by atoms with E-state index in [2.05, 4.69) is 16.8 Å². The summed E-state index contributed by atoms with van der Waals surface area (Å²) < 4.78 is 13.3. The first-order chi connectivity index (χ1) is 12.6. The summed E-state index contributed by atoms with van der Waals surface area (Å²) >= 11 is 0. The first-order valence-electron chi connectivity index (χ1n) is 8.67. The predicted octanol–water partition coefficient (Wildman–Crippen LogP) is 3.46. The summed E-state index contributed by atoms with van der Waals surface area (Å²) in [7, 11) is 0. The van der Waals surface area contributed by atoms with E-state index < -0.39 is 0 Å². The van der Waals surface area contributed by atoms with Crippen LogP contribution in [-0.2, 0) is 11.3 Å². The van der Waals surface area contributed by atoms with Gasteiger partial charge < -0.3 is 9.80 Å². The minimum Gasteiger partial charge on any atom is -0.336 e. The van der Waals surface area contributed by atoms with Gasteiger partial charge in [0.15, 0.2) is 0 Å². The van der Waals surface area contributed by atoms with Crippen LogP contribution < -0.4 is 0 Å². The van der Waals surface area contributed by atoms with Gasteiger partial charge in [-0.3, -0.25) is 4.79 Å². The zero-order chi connectivity index (χ0) is 18.1. The first-order valence-corrected chi connectivity index (χ1v) is 8.67. The normalized spacial score (nSPS) is 17.6. The van der Waals surface area contributed by atoms with Gasteiger partial charge >= 0.3 is 0 Å². The van der Waals surface area contributed by atoms with Crippen LogP contribution in [0, 0.1) is 5.82 Å². The van der Waals surface area contributed by atoms with Gasteiger partial charge in [-0.25, -0.2) is 4.39 Å². The second-order valence-electron chi connectivity index (χ2n) is 6.59. The van der Waals surface area contributed by atoms with Crippen molar-refractivity contribution in [1.82, 2.24) is 20.0 Å². The van der Waals surface area contributed by atoms with Crippen LogP contribution in [0.15, 0.2) is 61.1 Å². The van der Waals surface area contributed by atoms with Gasteiger partial charge in [0.1, 0.15) is 11.5 Å². The fraction of sp³-hybridized carbons (Fsp3) is 0.250. The van der Waals surface area contributed by atoms with Gasteiger partial charge in [-0.2, -0.15) is 10.2 Å². The number of hydrogen-bond acceptors (Lipinski definition) is 4. The van der Waals surface area contributed by atoms with Crippen molar-refractivity contribution in [1.29, 1.82) is 0 Å². The molecular formula is C20H19FN4O. The van der Waals surface area contributed by atoms with Crippen molar-refractivity contribution >= 4 is 5.91 Å². The molecule has 1 aromatic heterocycles. The van der Waals surface area contributed by atoms with Gasteiger partial charge in [0, 0.05) is 24.0 Å². The maximum Gasteiger partial charge on any atom is 0.274 e. The van der Waals surface area contributed by atoms with Crippen LogP contribution in [-0.4, -0.2) is 31.9 Å². The minimum atomic E-state index is -0.308. The van der Waals surface area contributed by atoms with Crippen LogP contribution in [0.1, 0.15) is 25.0 Å². The van der Waals surface area contributed by atoms with Gasteiger partial charge in [-0.1, -0.05) is 18.7 Å². The van der Waals surface area contributed by atoms with Gasteiger partial charge in [-0.15, -0.1) is 0 Å². The Hall–Kier alpha value is -3.02. The molecule has 0 saturated heterocycles. The number of aromatic nitrogens is 2. The summed E-state index contributed by atoms with van der Waals surface area (Å²) in [4.78, 5) is 16.1. The Labute approximate surface area is 151 Å². The Morgan fingerprint density at radius 1 is 1.15 bits per heavy atom. The third-order valence-electron chi connectivity index (χ3n) is 4.88. The highest BCUT2D eigenvalue weighted by molar-refractivity contribution is 5.94. The lowest BCUT2D eigenvalue weighted by Gasteiger charge is -2.39. The van der Waals surface area contributed by atoms with E-state index in [1.807, 2.05) is 18.5 Å². The van der Waals surface area contributed by atoms with Gasteiger partial charge in [0.05, 0.1) is 17.9 Å². The highest BCUT2D eigenvalue weighted by atomic mass is 19.1. The Morgan fingerprint density at radius 3 is 2.65 bits per heavy atom. The summed E-state index contributed by atoms with van der Waals surface area (Å²) in [5, 5.41) is 8.38. The monoisotopic (exact) mass is 350 g/mol. The first kappa shape index (κ1) is 16.4. The molecule has 0 N–H and O–H groups in total. The topological polar surface area (TPSA) is 49.3 Å². The van der Waals surface area contributed by atoms with E-state index in [0.29, 0.717) is 35.2 Å². The molecule has 26 heavy (non-hydrogen) atoms. The lowest BCUT2D eigenvalue weighted by atomic mass is 9.91. The van der Waals surface area contributed by atoms with Gasteiger partial charge in [-0.05, 0) is 43.5 Å². The number of amides is 1. The van der Waals surface area contributed by atoms with Crippen molar-refractivity contribution in [3.8, 4) is 11.3 Å². The molecule has 0 atom stereocenters. The number of carbonyl (C=O) groups excluding carboxylic acids is 1. The van der Waals surface area contributed by atoms with Crippen LogP contribution in [0.5, 0.6) is 0 Å². The molecule has 2 aromatic rings. The highest BCUT2D eigenvalue weighted by Crippen LogP contribution is 2.29. The molecule has 2 heterocycles. The van der Waals surface area contributed by atoms with Gasteiger partial charge in [0.2, 0.25) is 0 Å². The van der Waals surface area contributed by atoms with Crippen LogP contribution in [0.2, 0.25) is 0 Å². The van der Waals surface area contributed by atoms with Crippen molar-refractivity contribution in [3.05, 3.63) is 72.6 Å². The number of halogens is 1. The maximum absolute atomic E-state index is 13.3. The van der Waals surface area contributed by atoms with E-state index in [-0.39, 0.29) is 11.7 Å². The molecule has 1 amide bonds. The van der Waals surface area contributed by atoms with Crippen molar-refractivity contribution in [2.24, 2.45) is 0 Å². The summed E-state index contributed by atoms with van der Waals surface area (Å²) in [5.41, 5.74) is 2.43. The third-order valence-corrected chi connectivity index (χ3v) is 4.88. The SMILES string of the molecule is C=C1C(=O)N(C2CCC2)C=CN1Cc1ccc(-c2cccc(F)c2)nn1. The zero-order valence-corrected chi connectivity index (χ0v) is 14.3. The zero-order valence-electron chi connectivity index (χ0n) is 14.3. The summed E-state index contributed by atoms with van der Waals surface area (Å²) in [6.45, 7) is 4.34. The number of hydrogen-bond donors (Lipinski definition) is 0. The molecule has 1 aliphatic heterocycles. The molecular weight excluding hydrogens is 331 g/mol. The Balaban J connectivity index is 1.47. The molecule has 4 rings (SSSR count). The number of carbonyl (C=O) groups is 1. The fourth-order valence-electron chi connectivity index (χ4n) is 3.10. The van der Waals surface area contributed by atoms with E-state index in [1.54, 1.807) is 28.0 Å². The standard InChI is InChI=1S/C20H19FN4O/c1-14-20(26)25(18-6-3-7-18)11-10-24(14)13-17-8-9-19(23-22-17)15-4-2-5-16(21)12-15/h2,4-5,8-12,18H,1,3,6-7,13H2. The number of rotatable bonds is 4. The van der Waals surface area contributed by atoms with Crippen molar-refractivity contribution < 1.29 is 9.18 Å². The molecule has 5 nitrogen and oxygen atoms in total. The van der Waals surface area contributed by atoms with E-state index in [9.17, 15) is 9.18 Å². The summed E-state index contributed by atoms with van der Waals surface area (Å²) in [6.07, 6.45) is 6.97. The van der Waals surface area contributed by atoms with Crippen molar-refractivity contribution in [2.75, 3.05) is 0 Å². The Bertz CT molecular complexity index is 874. The average Bonchev–Trinajstić information content (AvgIpc) is 2.60. The van der Waals surface area contributed by atoms with Gasteiger partial charge in [0.25, 0.3) is 5.91 Å². The van der Waals surface area contributed by atoms with Crippen LogP contribution in [0.25, 0.3) is 11.3 Å². The Kier molecular flexibility index (Phi) is 4.24.